The fourth-order valence-electron chi connectivity index (χ4n) is 2.24. The summed E-state index contributed by atoms with van der Waals surface area (Å²) < 4.78 is 54.6. The fourth-order valence-corrected chi connectivity index (χ4v) is 2.24. The molecule has 0 aromatic heterocycles. The van der Waals surface area contributed by atoms with Crippen molar-refractivity contribution in [3.05, 3.63) is 70.3 Å². The van der Waals surface area contributed by atoms with Gasteiger partial charge in [0.25, 0.3) is 0 Å². The van der Waals surface area contributed by atoms with Crippen LogP contribution >= 0.6 is 0 Å². The maximum absolute atomic E-state index is 14.2. The molecule has 0 amide bonds. The molecule has 0 spiro atoms. The maximum atomic E-state index is 14.2. The van der Waals surface area contributed by atoms with Gasteiger partial charge in [-0.25, -0.2) is 17.6 Å². The molecule has 0 heterocycles. The lowest BCUT2D eigenvalue weighted by Gasteiger charge is -2.21. The van der Waals surface area contributed by atoms with Crippen molar-refractivity contribution in [1.82, 2.24) is 5.32 Å². The lowest BCUT2D eigenvalue weighted by atomic mass is 9.96. The Hall–Kier alpha value is -1.88. The number of rotatable bonds is 4. The second kappa shape index (κ2) is 6.26. The van der Waals surface area contributed by atoms with Gasteiger partial charge in [-0.05, 0) is 25.1 Å². The number of hydrogen-bond acceptors (Lipinski definition) is 1. The number of nitrogens with one attached hydrogen (secondary N) is 1. The molecule has 21 heavy (non-hydrogen) atoms. The van der Waals surface area contributed by atoms with Crippen LogP contribution in [0.1, 0.15) is 29.7 Å². The van der Waals surface area contributed by atoms with E-state index in [1.54, 1.807) is 26.0 Å². The maximum Gasteiger partial charge on any atom is 0.161 e. The molecule has 0 fully saturated rings. The zero-order chi connectivity index (χ0) is 15.6. The molecule has 0 aliphatic rings. The molecule has 112 valence electrons. The fraction of sp³-hybridized carbons (Fsp3) is 0.250. The van der Waals surface area contributed by atoms with E-state index < -0.39 is 29.3 Å². The van der Waals surface area contributed by atoms with Crippen LogP contribution in [0.5, 0.6) is 0 Å². The number of hydrogen-bond donors (Lipinski definition) is 1. The highest BCUT2D eigenvalue weighted by molar-refractivity contribution is 5.36. The van der Waals surface area contributed by atoms with E-state index in [0.29, 0.717) is 18.2 Å². The van der Waals surface area contributed by atoms with E-state index in [2.05, 4.69) is 5.32 Å². The number of benzene rings is 2. The first-order chi connectivity index (χ1) is 9.95. The quantitative estimate of drug-likeness (QED) is 0.657. The highest BCUT2D eigenvalue weighted by Crippen LogP contribution is 2.29. The van der Waals surface area contributed by atoms with Crippen molar-refractivity contribution in [1.29, 1.82) is 0 Å². The van der Waals surface area contributed by atoms with Crippen LogP contribution in [0.2, 0.25) is 0 Å². The largest absolute Gasteiger partial charge is 0.306 e. The van der Waals surface area contributed by atoms with E-state index in [1.807, 2.05) is 0 Å². The SMILES string of the molecule is CCNC(c1cc(F)c(F)cc1F)c1cccc(C)c1F. The highest BCUT2D eigenvalue weighted by Gasteiger charge is 2.23. The van der Waals surface area contributed by atoms with E-state index in [0.717, 1.165) is 6.07 Å². The lowest BCUT2D eigenvalue weighted by Crippen LogP contribution is -2.24. The Morgan fingerprint density at radius 2 is 1.62 bits per heavy atom. The van der Waals surface area contributed by atoms with E-state index in [-0.39, 0.29) is 11.1 Å². The van der Waals surface area contributed by atoms with Gasteiger partial charge in [-0.3, -0.25) is 0 Å². The smallest absolute Gasteiger partial charge is 0.161 e. The Bertz CT molecular complexity index is 655. The summed E-state index contributed by atoms with van der Waals surface area (Å²) >= 11 is 0. The minimum Gasteiger partial charge on any atom is -0.306 e. The van der Waals surface area contributed by atoms with E-state index in [1.165, 1.54) is 6.07 Å². The summed E-state index contributed by atoms with van der Waals surface area (Å²) in [4.78, 5) is 0. The molecule has 0 saturated carbocycles. The van der Waals surface area contributed by atoms with Crippen LogP contribution < -0.4 is 5.32 Å². The zero-order valence-corrected chi connectivity index (χ0v) is 11.7. The molecular formula is C16H15F4N. The first-order valence-corrected chi connectivity index (χ1v) is 6.58. The van der Waals surface area contributed by atoms with Crippen molar-refractivity contribution in [3.8, 4) is 0 Å². The van der Waals surface area contributed by atoms with Gasteiger partial charge >= 0.3 is 0 Å². The van der Waals surface area contributed by atoms with Crippen LogP contribution in [-0.4, -0.2) is 6.54 Å². The van der Waals surface area contributed by atoms with Crippen LogP contribution in [0, 0.1) is 30.2 Å². The van der Waals surface area contributed by atoms with Crippen LogP contribution in [0.3, 0.4) is 0 Å². The molecule has 0 saturated heterocycles. The monoisotopic (exact) mass is 297 g/mol. The molecule has 5 heteroatoms. The summed E-state index contributed by atoms with van der Waals surface area (Å²) in [6.45, 7) is 3.76. The van der Waals surface area contributed by atoms with Crippen LogP contribution in [0.15, 0.2) is 30.3 Å². The standard InChI is InChI=1S/C16H15F4N/c1-3-21-16(10-6-4-5-9(2)15(10)20)11-7-13(18)14(19)8-12(11)17/h4-8,16,21H,3H2,1-2H3. The Labute approximate surface area is 120 Å². The van der Waals surface area contributed by atoms with Crippen molar-refractivity contribution >= 4 is 0 Å². The first-order valence-electron chi connectivity index (χ1n) is 6.58. The zero-order valence-electron chi connectivity index (χ0n) is 11.7. The molecule has 1 N–H and O–H groups in total. The van der Waals surface area contributed by atoms with Crippen molar-refractivity contribution in [2.75, 3.05) is 6.54 Å². The number of aryl methyl sites for hydroxylation is 1. The summed E-state index contributed by atoms with van der Waals surface area (Å²) in [5.41, 5.74) is 0.473. The van der Waals surface area contributed by atoms with Crippen molar-refractivity contribution < 1.29 is 17.6 Å². The van der Waals surface area contributed by atoms with Crippen LogP contribution in [0.4, 0.5) is 17.6 Å². The Morgan fingerprint density at radius 1 is 0.952 bits per heavy atom. The van der Waals surface area contributed by atoms with Gasteiger partial charge in [0.2, 0.25) is 0 Å². The third-order valence-electron chi connectivity index (χ3n) is 3.29. The van der Waals surface area contributed by atoms with E-state index >= 15 is 0 Å². The topological polar surface area (TPSA) is 12.0 Å². The highest BCUT2D eigenvalue weighted by atomic mass is 19.2. The van der Waals surface area contributed by atoms with Gasteiger partial charge < -0.3 is 5.32 Å². The van der Waals surface area contributed by atoms with Gasteiger partial charge in [0.05, 0.1) is 6.04 Å². The summed E-state index contributed by atoms with van der Waals surface area (Å²) in [7, 11) is 0. The van der Waals surface area contributed by atoms with E-state index in [9.17, 15) is 17.6 Å². The van der Waals surface area contributed by atoms with Gasteiger partial charge in [0, 0.05) is 17.2 Å². The molecule has 0 radical (unpaired) electrons. The third-order valence-corrected chi connectivity index (χ3v) is 3.29. The van der Waals surface area contributed by atoms with Crippen molar-refractivity contribution in [2.24, 2.45) is 0 Å². The van der Waals surface area contributed by atoms with E-state index in [4.69, 9.17) is 0 Å². The predicted octanol–water partition coefficient (Wildman–Crippen LogP) is 4.25. The molecule has 2 rings (SSSR count). The Kier molecular flexibility index (Phi) is 4.63. The van der Waals surface area contributed by atoms with Gasteiger partial charge in [0.15, 0.2) is 11.6 Å². The lowest BCUT2D eigenvalue weighted by molar-refractivity contribution is 0.477. The first kappa shape index (κ1) is 15.5. The third kappa shape index (κ3) is 3.08. The normalized spacial score (nSPS) is 12.5. The average molecular weight is 297 g/mol. The van der Waals surface area contributed by atoms with Crippen molar-refractivity contribution in [2.45, 2.75) is 19.9 Å². The summed E-state index contributed by atoms with van der Waals surface area (Å²) in [6, 6.07) is 5.07. The van der Waals surface area contributed by atoms with Crippen LogP contribution in [0.25, 0.3) is 0 Å². The second-order valence-electron chi connectivity index (χ2n) is 4.76. The summed E-state index contributed by atoms with van der Waals surface area (Å²) in [5, 5.41) is 2.90. The molecule has 2 aromatic rings. The molecular weight excluding hydrogens is 282 g/mol. The molecule has 0 bridgehead atoms. The van der Waals surface area contributed by atoms with Crippen molar-refractivity contribution in [3.63, 3.8) is 0 Å². The van der Waals surface area contributed by atoms with Gasteiger partial charge in [-0.2, -0.15) is 0 Å². The minimum atomic E-state index is -1.27. The predicted molar refractivity (Wildman–Crippen MR) is 73.0 cm³/mol. The van der Waals surface area contributed by atoms with Crippen LogP contribution in [-0.2, 0) is 0 Å². The molecule has 0 aliphatic carbocycles. The minimum absolute atomic E-state index is 0.125. The second-order valence-corrected chi connectivity index (χ2v) is 4.76. The Balaban J connectivity index is 2.59. The van der Waals surface area contributed by atoms with Gasteiger partial charge in [-0.15, -0.1) is 0 Å². The molecule has 1 nitrogen and oxygen atoms in total. The van der Waals surface area contributed by atoms with Gasteiger partial charge in [-0.1, -0.05) is 25.1 Å². The number of halogens is 4. The average Bonchev–Trinajstić information content (AvgIpc) is 2.44. The summed E-state index contributed by atoms with van der Waals surface area (Å²) in [6.07, 6.45) is 0. The summed E-state index contributed by atoms with van der Waals surface area (Å²) in [5.74, 6) is -3.84. The molecule has 0 aliphatic heterocycles. The molecule has 2 aromatic carbocycles. The molecule has 1 unspecified atom stereocenters. The molecule has 1 atom stereocenters. The Morgan fingerprint density at radius 3 is 2.29 bits per heavy atom. The van der Waals surface area contributed by atoms with Gasteiger partial charge in [0.1, 0.15) is 11.6 Å².